The van der Waals surface area contributed by atoms with Gasteiger partial charge in [-0.05, 0) is 49.2 Å². The van der Waals surface area contributed by atoms with E-state index in [1.807, 2.05) is 11.8 Å². The van der Waals surface area contributed by atoms with Crippen molar-refractivity contribution in [3.05, 3.63) is 53.6 Å². The molecule has 2 N–H and O–H groups in total. The van der Waals surface area contributed by atoms with E-state index in [0.717, 1.165) is 19.5 Å². The van der Waals surface area contributed by atoms with Gasteiger partial charge in [-0.15, -0.1) is 0 Å². The van der Waals surface area contributed by atoms with E-state index in [1.165, 1.54) is 11.3 Å². The highest BCUT2D eigenvalue weighted by atomic mass is 16.5. The van der Waals surface area contributed by atoms with Crippen LogP contribution in [-0.2, 0) is 0 Å². The van der Waals surface area contributed by atoms with E-state index in [0.29, 0.717) is 36.7 Å². The van der Waals surface area contributed by atoms with E-state index in [-0.39, 0.29) is 5.91 Å². The Balaban J connectivity index is 1.62. The van der Waals surface area contributed by atoms with E-state index in [2.05, 4.69) is 36.1 Å². The predicted molar refractivity (Wildman–Crippen MR) is 106 cm³/mol. The van der Waals surface area contributed by atoms with Crippen LogP contribution in [0.4, 0.5) is 11.4 Å². The van der Waals surface area contributed by atoms with Crippen molar-refractivity contribution in [2.24, 2.45) is 0 Å². The lowest BCUT2D eigenvalue weighted by Gasteiger charge is -2.36. The summed E-state index contributed by atoms with van der Waals surface area (Å²) in [5.41, 5.74) is 9.65. The molecule has 2 aromatic carbocycles. The lowest BCUT2D eigenvalue weighted by Crippen LogP contribution is -2.48. The zero-order chi connectivity index (χ0) is 18.5. The Labute approximate surface area is 155 Å². The minimum atomic E-state index is 0.0302. The standard InChI is InChI=1S/C21H27N3O2/c1-3-13-26-20-8-7-17(15-19(20)22)21(25)24-11-9-23(10-12-24)18-6-4-5-16(2)14-18/h4-8,14-15H,3,9-13,22H2,1-2H3. The van der Waals surface area contributed by atoms with Gasteiger partial charge in [-0.25, -0.2) is 0 Å². The van der Waals surface area contributed by atoms with Crippen LogP contribution in [0.5, 0.6) is 5.75 Å². The van der Waals surface area contributed by atoms with Gasteiger partial charge in [-0.3, -0.25) is 4.79 Å². The Kier molecular flexibility index (Phi) is 5.66. The summed E-state index contributed by atoms with van der Waals surface area (Å²) in [4.78, 5) is 17.0. The molecular weight excluding hydrogens is 326 g/mol. The molecule has 26 heavy (non-hydrogen) atoms. The largest absolute Gasteiger partial charge is 0.491 e. The summed E-state index contributed by atoms with van der Waals surface area (Å²) in [7, 11) is 0. The van der Waals surface area contributed by atoms with Crippen LogP contribution in [0.3, 0.4) is 0 Å². The number of hydrogen-bond acceptors (Lipinski definition) is 4. The SMILES string of the molecule is CCCOc1ccc(C(=O)N2CCN(c3cccc(C)c3)CC2)cc1N. The highest BCUT2D eigenvalue weighted by Gasteiger charge is 2.23. The summed E-state index contributed by atoms with van der Waals surface area (Å²) in [5, 5.41) is 0. The molecule has 1 saturated heterocycles. The second kappa shape index (κ2) is 8.13. The maximum Gasteiger partial charge on any atom is 0.254 e. The highest BCUT2D eigenvalue weighted by molar-refractivity contribution is 5.95. The van der Waals surface area contributed by atoms with Crippen LogP contribution in [0.1, 0.15) is 29.3 Å². The zero-order valence-electron chi connectivity index (χ0n) is 15.6. The Hall–Kier alpha value is -2.69. The van der Waals surface area contributed by atoms with Gasteiger partial charge >= 0.3 is 0 Å². The fourth-order valence-electron chi connectivity index (χ4n) is 3.20. The van der Waals surface area contributed by atoms with Gasteiger partial charge in [0.15, 0.2) is 0 Å². The van der Waals surface area contributed by atoms with Crippen molar-refractivity contribution in [1.29, 1.82) is 0 Å². The third kappa shape index (κ3) is 4.10. The van der Waals surface area contributed by atoms with Gasteiger partial charge in [0.2, 0.25) is 0 Å². The average Bonchev–Trinajstić information content (AvgIpc) is 2.66. The number of nitrogens with zero attached hydrogens (tertiary/aromatic N) is 2. The van der Waals surface area contributed by atoms with Crippen LogP contribution in [0, 0.1) is 6.92 Å². The van der Waals surface area contributed by atoms with Crippen LogP contribution in [0.2, 0.25) is 0 Å². The molecule has 1 amide bonds. The molecule has 0 aromatic heterocycles. The molecule has 0 saturated carbocycles. The number of carbonyl (C=O) groups excluding carboxylic acids is 1. The number of nitrogen functional groups attached to an aromatic ring is 1. The first kappa shape index (κ1) is 18.1. The van der Waals surface area contributed by atoms with Gasteiger partial charge < -0.3 is 20.3 Å². The smallest absolute Gasteiger partial charge is 0.254 e. The van der Waals surface area contributed by atoms with Crippen molar-refractivity contribution >= 4 is 17.3 Å². The number of ether oxygens (including phenoxy) is 1. The van der Waals surface area contributed by atoms with Crippen LogP contribution in [0.25, 0.3) is 0 Å². The van der Waals surface area contributed by atoms with Crippen molar-refractivity contribution in [1.82, 2.24) is 4.90 Å². The van der Waals surface area contributed by atoms with Gasteiger partial charge in [0.05, 0.1) is 12.3 Å². The number of rotatable bonds is 5. The quantitative estimate of drug-likeness (QED) is 0.838. The van der Waals surface area contributed by atoms with Crippen molar-refractivity contribution < 1.29 is 9.53 Å². The highest BCUT2D eigenvalue weighted by Crippen LogP contribution is 2.24. The molecule has 0 spiro atoms. The molecule has 138 valence electrons. The number of hydrogen-bond donors (Lipinski definition) is 1. The fraction of sp³-hybridized carbons (Fsp3) is 0.381. The first-order valence-corrected chi connectivity index (χ1v) is 9.21. The number of piperazine rings is 1. The van der Waals surface area contributed by atoms with Crippen molar-refractivity contribution in [3.63, 3.8) is 0 Å². The Morgan fingerprint density at radius 3 is 2.54 bits per heavy atom. The third-order valence-electron chi connectivity index (χ3n) is 4.65. The van der Waals surface area contributed by atoms with Crippen molar-refractivity contribution in [2.45, 2.75) is 20.3 Å². The normalized spacial score (nSPS) is 14.4. The second-order valence-corrected chi connectivity index (χ2v) is 6.72. The molecule has 1 aliphatic heterocycles. The zero-order valence-corrected chi connectivity index (χ0v) is 15.6. The molecule has 0 aliphatic carbocycles. The molecule has 3 rings (SSSR count). The van der Waals surface area contributed by atoms with Gasteiger partial charge in [0.25, 0.3) is 5.91 Å². The summed E-state index contributed by atoms with van der Waals surface area (Å²) >= 11 is 0. The molecule has 1 fully saturated rings. The summed E-state index contributed by atoms with van der Waals surface area (Å²) in [6, 6.07) is 13.8. The average molecular weight is 353 g/mol. The number of aryl methyl sites for hydroxylation is 1. The Morgan fingerprint density at radius 2 is 1.88 bits per heavy atom. The van der Waals surface area contributed by atoms with Gasteiger partial charge in [0, 0.05) is 37.4 Å². The van der Waals surface area contributed by atoms with Gasteiger partial charge in [0.1, 0.15) is 5.75 Å². The second-order valence-electron chi connectivity index (χ2n) is 6.72. The molecule has 2 aromatic rings. The summed E-state index contributed by atoms with van der Waals surface area (Å²) < 4.78 is 5.58. The maximum atomic E-state index is 12.8. The molecular formula is C21H27N3O2. The van der Waals surface area contributed by atoms with Gasteiger partial charge in [-0.2, -0.15) is 0 Å². The topological polar surface area (TPSA) is 58.8 Å². The van der Waals surface area contributed by atoms with E-state index >= 15 is 0 Å². The molecule has 5 heteroatoms. The monoisotopic (exact) mass is 353 g/mol. The summed E-state index contributed by atoms with van der Waals surface area (Å²) in [6.45, 7) is 7.86. The minimum absolute atomic E-state index is 0.0302. The molecule has 0 radical (unpaired) electrons. The predicted octanol–water partition coefficient (Wildman–Crippen LogP) is 3.33. The fourth-order valence-corrected chi connectivity index (χ4v) is 3.20. The first-order valence-electron chi connectivity index (χ1n) is 9.21. The number of anilines is 2. The molecule has 1 aliphatic rings. The Bertz CT molecular complexity index is 768. The molecule has 0 atom stereocenters. The minimum Gasteiger partial charge on any atom is -0.491 e. The van der Waals surface area contributed by atoms with Crippen LogP contribution in [0.15, 0.2) is 42.5 Å². The first-order chi connectivity index (χ1) is 12.6. The molecule has 0 bridgehead atoms. The van der Waals surface area contributed by atoms with E-state index in [4.69, 9.17) is 10.5 Å². The van der Waals surface area contributed by atoms with Crippen molar-refractivity contribution in [2.75, 3.05) is 43.4 Å². The van der Waals surface area contributed by atoms with E-state index in [1.54, 1.807) is 18.2 Å². The van der Waals surface area contributed by atoms with Crippen molar-refractivity contribution in [3.8, 4) is 5.75 Å². The number of carbonyl (C=O) groups is 1. The molecule has 5 nitrogen and oxygen atoms in total. The molecule has 1 heterocycles. The maximum absolute atomic E-state index is 12.8. The van der Waals surface area contributed by atoms with E-state index < -0.39 is 0 Å². The number of amides is 1. The van der Waals surface area contributed by atoms with Crippen LogP contribution in [-0.4, -0.2) is 43.6 Å². The summed E-state index contributed by atoms with van der Waals surface area (Å²) in [5.74, 6) is 0.676. The molecule has 0 unspecified atom stereocenters. The lowest BCUT2D eigenvalue weighted by atomic mass is 10.1. The number of benzene rings is 2. The summed E-state index contributed by atoms with van der Waals surface area (Å²) in [6.07, 6.45) is 0.922. The van der Waals surface area contributed by atoms with E-state index in [9.17, 15) is 4.79 Å². The van der Waals surface area contributed by atoms with Crippen LogP contribution < -0.4 is 15.4 Å². The lowest BCUT2D eigenvalue weighted by molar-refractivity contribution is 0.0747. The Morgan fingerprint density at radius 1 is 1.12 bits per heavy atom. The van der Waals surface area contributed by atoms with Gasteiger partial charge in [-0.1, -0.05) is 19.1 Å². The number of nitrogens with two attached hydrogens (primary N) is 1. The van der Waals surface area contributed by atoms with Crippen LogP contribution >= 0.6 is 0 Å². The third-order valence-corrected chi connectivity index (χ3v) is 4.65.